The molecule has 34 heavy (non-hydrogen) atoms. The number of hydrogen-bond donors (Lipinski definition) is 0. The summed E-state index contributed by atoms with van der Waals surface area (Å²) < 4.78 is 14.7. The van der Waals surface area contributed by atoms with Crippen LogP contribution in [-0.2, 0) is 11.3 Å². The van der Waals surface area contributed by atoms with Crippen LogP contribution in [0.15, 0.2) is 77.6 Å². The zero-order valence-corrected chi connectivity index (χ0v) is 19.0. The van der Waals surface area contributed by atoms with E-state index < -0.39 is 5.56 Å². The quantitative estimate of drug-likeness (QED) is 0.384. The first-order chi connectivity index (χ1) is 16.5. The van der Waals surface area contributed by atoms with Gasteiger partial charge in [-0.05, 0) is 48.0 Å². The van der Waals surface area contributed by atoms with Crippen molar-refractivity contribution in [1.29, 1.82) is 0 Å². The Bertz CT molecular complexity index is 1690. The van der Waals surface area contributed by atoms with Crippen LogP contribution < -0.4 is 15.0 Å². The first kappa shape index (κ1) is 20.7. The van der Waals surface area contributed by atoms with Crippen molar-refractivity contribution in [3.63, 3.8) is 0 Å². The van der Waals surface area contributed by atoms with Gasteiger partial charge in [-0.25, -0.2) is 4.39 Å². The normalized spacial score (nSPS) is 14.8. The number of carbonyl (C=O) groups excluding carboxylic acids is 1. The molecular formula is C25H14ClFN4O2S. The lowest BCUT2D eigenvalue weighted by Gasteiger charge is -2.17. The number of nitrogens with zero attached hydrogens (tertiary/aromatic N) is 4. The van der Waals surface area contributed by atoms with Crippen molar-refractivity contribution in [1.82, 2.24) is 14.6 Å². The van der Waals surface area contributed by atoms with E-state index in [2.05, 4.69) is 10.1 Å². The minimum absolute atomic E-state index is 0.253. The fourth-order valence-electron chi connectivity index (χ4n) is 4.04. The number of thiazole rings is 1. The third-order valence-corrected chi connectivity index (χ3v) is 6.95. The van der Waals surface area contributed by atoms with Gasteiger partial charge in [0.25, 0.3) is 11.5 Å². The predicted molar refractivity (Wildman–Crippen MR) is 129 cm³/mol. The van der Waals surface area contributed by atoms with Crippen LogP contribution in [0.25, 0.3) is 21.9 Å². The molecule has 9 heteroatoms. The number of hydrogen-bond acceptors (Lipinski definition) is 5. The molecule has 0 N–H and O–H groups in total. The second kappa shape index (κ2) is 7.86. The molecule has 0 saturated carbocycles. The fraction of sp³-hybridized carbons (Fsp3) is 0.0400. The molecule has 0 radical (unpaired) electrons. The molecule has 166 valence electrons. The van der Waals surface area contributed by atoms with E-state index in [1.165, 1.54) is 16.6 Å². The topological polar surface area (TPSA) is 67.6 Å². The summed E-state index contributed by atoms with van der Waals surface area (Å²) in [6, 6.07) is 20.4. The van der Waals surface area contributed by atoms with Crippen molar-refractivity contribution < 1.29 is 9.18 Å². The summed E-state index contributed by atoms with van der Waals surface area (Å²) in [7, 11) is 0. The summed E-state index contributed by atoms with van der Waals surface area (Å²) in [6.07, 6.45) is 0. The molecule has 3 aromatic carbocycles. The Hall–Kier alpha value is -3.88. The highest BCUT2D eigenvalue weighted by atomic mass is 35.5. The molecule has 1 aliphatic rings. The fourth-order valence-corrected chi connectivity index (χ4v) is 5.16. The number of fused-ring (bicyclic) bond motifs is 2. The van der Waals surface area contributed by atoms with Crippen LogP contribution in [0, 0.1) is 5.82 Å². The molecule has 2 aromatic heterocycles. The van der Waals surface area contributed by atoms with Gasteiger partial charge in [-0.1, -0.05) is 53.3 Å². The maximum Gasteiger partial charge on any atom is 0.291 e. The second-order valence-corrected chi connectivity index (χ2v) is 9.20. The second-order valence-electron chi connectivity index (χ2n) is 7.78. The number of amides is 1. The maximum atomic E-state index is 13.6. The highest BCUT2D eigenvalue weighted by molar-refractivity contribution is 7.15. The summed E-state index contributed by atoms with van der Waals surface area (Å²) in [5.41, 5.74) is 2.89. The van der Waals surface area contributed by atoms with Crippen LogP contribution in [0.3, 0.4) is 0 Å². The van der Waals surface area contributed by atoms with Crippen LogP contribution in [0.5, 0.6) is 0 Å². The van der Waals surface area contributed by atoms with Crippen molar-refractivity contribution in [2.75, 3.05) is 4.90 Å². The lowest BCUT2D eigenvalue weighted by molar-refractivity contribution is -0.113. The number of para-hydroxylation sites is 1. The first-order valence-electron chi connectivity index (χ1n) is 10.3. The van der Waals surface area contributed by atoms with Crippen molar-refractivity contribution in [3.05, 3.63) is 110 Å². The third kappa shape index (κ3) is 3.30. The molecule has 0 unspecified atom stereocenters. The lowest BCUT2D eigenvalue weighted by atomic mass is 10.1. The van der Waals surface area contributed by atoms with E-state index in [1.54, 1.807) is 29.2 Å². The zero-order chi connectivity index (χ0) is 23.4. The van der Waals surface area contributed by atoms with E-state index in [-0.39, 0.29) is 16.3 Å². The van der Waals surface area contributed by atoms with Gasteiger partial charge in [-0.2, -0.15) is 9.50 Å². The lowest BCUT2D eigenvalue weighted by Crippen LogP contribution is -2.32. The number of halogens is 2. The number of rotatable bonds is 3. The largest absolute Gasteiger partial charge is 0.303 e. The van der Waals surface area contributed by atoms with Crippen molar-refractivity contribution >= 4 is 45.1 Å². The predicted octanol–water partition coefficient (Wildman–Crippen LogP) is 4.08. The van der Waals surface area contributed by atoms with Gasteiger partial charge in [0.05, 0.1) is 17.8 Å². The van der Waals surface area contributed by atoms with Gasteiger partial charge in [0, 0.05) is 16.1 Å². The van der Waals surface area contributed by atoms with Crippen LogP contribution in [0.1, 0.15) is 11.1 Å². The molecule has 6 rings (SSSR count). The van der Waals surface area contributed by atoms with Gasteiger partial charge >= 0.3 is 0 Å². The SMILES string of the molecule is O=C1C(=c2sc3nc(-c4ccc(F)cc4)nn3c2=O)c2ccccc2N1Cc1ccc(Cl)cc1. The molecule has 6 nitrogen and oxygen atoms in total. The smallest absolute Gasteiger partial charge is 0.291 e. The van der Waals surface area contributed by atoms with Crippen LogP contribution in [0.2, 0.25) is 5.02 Å². The number of anilines is 1. The van der Waals surface area contributed by atoms with E-state index in [1.807, 2.05) is 36.4 Å². The van der Waals surface area contributed by atoms with Crippen molar-refractivity contribution in [2.45, 2.75) is 6.54 Å². The van der Waals surface area contributed by atoms with E-state index in [0.717, 1.165) is 22.6 Å². The molecule has 5 aromatic rings. The third-order valence-electron chi connectivity index (χ3n) is 5.66. The summed E-state index contributed by atoms with van der Waals surface area (Å²) in [4.78, 5) is 33.3. The molecule has 1 aliphatic heterocycles. The molecule has 0 spiro atoms. The molecular weight excluding hydrogens is 475 g/mol. The number of benzene rings is 3. The Morgan fingerprint density at radius 2 is 1.68 bits per heavy atom. The summed E-state index contributed by atoms with van der Waals surface area (Å²) in [5.74, 6) is -0.298. The van der Waals surface area contributed by atoms with Crippen LogP contribution >= 0.6 is 22.9 Å². The highest BCUT2D eigenvalue weighted by Crippen LogP contribution is 2.36. The summed E-state index contributed by atoms with van der Waals surface area (Å²) >= 11 is 7.11. The van der Waals surface area contributed by atoms with E-state index in [4.69, 9.17) is 11.6 Å². The Balaban J connectivity index is 1.48. The summed E-state index contributed by atoms with van der Waals surface area (Å²) in [5, 5.41) is 4.93. The summed E-state index contributed by atoms with van der Waals surface area (Å²) in [6.45, 7) is 0.347. The van der Waals surface area contributed by atoms with Crippen molar-refractivity contribution in [3.8, 4) is 11.4 Å². The molecule has 0 fully saturated rings. The van der Waals surface area contributed by atoms with Gasteiger partial charge in [-0.15, -0.1) is 5.10 Å². The van der Waals surface area contributed by atoms with Gasteiger partial charge in [0.15, 0.2) is 5.82 Å². The van der Waals surface area contributed by atoms with Crippen LogP contribution in [0.4, 0.5) is 10.1 Å². The van der Waals surface area contributed by atoms with E-state index in [0.29, 0.717) is 39.1 Å². The highest BCUT2D eigenvalue weighted by Gasteiger charge is 2.34. The zero-order valence-electron chi connectivity index (χ0n) is 17.4. The minimum atomic E-state index is -0.410. The Kier molecular flexibility index (Phi) is 4.79. The monoisotopic (exact) mass is 488 g/mol. The van der Waals surface area contributed by atoms with Gasteiger partial charge in [0.2, 0.25) is 4.96 Å². The molecule has 0 atom stereocenters. The minimum Gasteiger partial charge on any atom is -0.303 e. The van der Waals surface area contributed by atoms with Gasteiger partial charge in [0.1, 0.15) is 10.3 Å². The first-order valence-corrected chi connectivity index (χ1v) is 11.5. The van der Waals surface area contributed by atoms with Gasteiger partial charge < -0.3 is 4.90 Å². The standard InChI is InChI=1S/C25H14ClFN4O2S/c26-16-9-5-14(6-10-16)13-30-19-4-2-1-3-18(19)20(23(30)32)21-24(33)31-25(34-21)28-22(29-31)15-7-11-17(27)12-8-15/h1-12H,13H2. The van der Waals surface area contributed by atoms with E-state index in [9.17, 15) is 14.0 Å². The molecule has 3 heterocycles. The average molecular weight is 489 g/mol. The Morgan fingerprint density at radius 3 is 2.41 bits per heavy atom. The average Bonchev–Trinajstić information content (AvgIpc) is 3.47. The van der Waals surface area contributed by atoms with E-state index >= 15 is 0 Å². The molecule has 0 saturated heterocycles. The van der Waals surface area contributed by atoms with Crippen molar-refractivity contribution in [2.24, 2.45) is 0 Å². The van der Waals surface area contributed by atoms with Gasteiger partial charge in [-0.3, -0.25) is 9.59 Å². The maximum absolute atomic E-state index is 13.6. The Morgan fingerprint density at radius 1 is 0.941 bits per heavy atom. The molecule has 0 bridgehead atoms. The van der Waals surface area contributed by atoms with Crippen LogP contribution in [-0.4, -0.2) is 20.5 Å². The number of aromatic nitrogens is 3. The number of carbonyl (C=O) groups is 1. The molecule has 1 amide bonds. The molecule has 0 aliphatic carbocycles. The Labute approximate surface area is 201 Å².